The van der Waals surface area contributed by atoms with Gasteiger partial charge in [-0.2, -0.15) is 11.8 Å². The largest absolute Gasteiger partial charge is 0.316 e. The minimum Gasteiger partial charge on any atom is -0.316 e. The lowest BCUT2D eigenvalue weighted by atomic mass is 9.97. The van der Waals surface area contributed by atoms with Gasteiger partial charge in [-0.15, -0.1) is 0 Å². The van der Waals surface area contributed by atoms with Crippen molar-refractivity contribution in [2.75, 3.05) is 18.6 Å². The Bertz CT molecular complexity index is 302. The second-order valence-corrected chi connectivity index (χ2v) is 5.54. The molecule has 0 radical (unpaired) electrons. The van der Waals surface area contributed by atoms with Gasteiger partial charge in [0.2, 0.25) is 0 Å². The van der Waals surface area contributed by atoms with Crippen LogP contribution in [0.4, 0.5) is 0 Å². The SMILES string of the molecule is CCSCC(Cc1c(C)cccc1C)NC. The third-order valence-electron chi connectivity index (χ3n) is 3.03. The average molecular weight is 237 g/mol. The molecule has 1 unspecified atom stereocenters. The van der Waals surface area contributed by atoms with E-state index in [0.717, 1.165) is 6.42 Å². The molecule has 1 atom stereocenters. The number of aryl methyl sites for hydroxylation is 2. The van der Waals surface area contributed by atoms with Gasteiger partial charge in [0.15, 0.2) is 0 Å². The Morgan fingerprint density at radius 1 is 1.25 bits per heavy atom. The van der Waals surface area contributed by atoms with Crippen LogP contribution in [0.25, 0.3) is 0 Å². The van der Waals surface area contributed by atoms with Crippen LogP contribution in [0.5, 0.6) is 0 Å². The first-order valence-electron chi connectivity index (χ1n) is 5.99. The lowest BCUT2D eigenvalue weighted by molar-refractivity contribution is 0.614. The van der Waals surface area contributed by atoms with Gasteiger partial charge in [-0.1, -0.05) is 25.1 Å². The van der Waals surface area contributed by atoms with Gasteiger partial charge in [0.05, 0.1) is 0 Å². The van der Waals surface area contributed by atoms with E-state index in [1.807, 2.05) is 11.8 Å². The molecule has 0 aliphatic carbocycles. The molecule has 0 aliphatic heterocycles. The number of thioether (sulfide) groups is 1. The van der Waals surface area contributed by atoms with Gasteiger partial charge < -0.3 is 5.32 Å². The summed E-state index contributed by atoms with van der Waals surface area (Å²) in [6.07, 6.45) is 1.14. The lowest BCUT2D eigenvalue weighted by Crippen LogP contribution is -2.30. The quantitative estimate of drug-likeness (QED) is 0.815. The summed E-state index contributed by atoms with van der Waals surface area (Å²) in [5.41, 5.74) is 4.35. The van der Waals surface area contributed by atoms with Gasteiger partial charge in [0.25, 0.3) is 0 Å². The zero-order valence-corrected chi connectivity index (χ0v) is 11.7. The van der Waals surface area contributed by atoms with Crippen molar-refractivity contribution in [2.45, 2.75) is 33.2 Å². The Balaban J connectivity index is 2.69. The molecule has 0 heterocycles. The summed E-state index contributed by atoms with van der Waals surface area (Å²) in [7, 11) is 2.06. The van der Waals surface area contributed by atoms with Crippen LogP contribution in [-0.2, 0) is 6.42 Å². The lowest BCUT2D eigenvalue weighted by Gasteiger charge is -2.18. The van der Waals surface area contributed by atoms with E-state index in [2.05, 4.69) is 51.3 Å². The van der Waals surface area contributed by atoms with Crippen LogP contribution in [-0.4, -0.2) is 24.6 Å². The fourth-order valence-electron chi connectivity index (χ4n) is 1.92. The molecule has 0 bridgehead atoms. The van der Waals surface area contributed by atoms with Crippen molar-refractivity contribution in [3.8, 4) is 0 Å². The molecule has 1 aromatic rings. The predicted octanol–water partition coefficient (Wildman–Crippen LogP) is 3.19. The molecular formula is C14H23NS. The van der Waals surface area contributed by atoms with Crippen LogP contribution in [0.1, 0.15) is 23.6 Å². The molecule has 0 spiro atoms. The summed E-state index contributed by atoms with van der Waals surface area (Å²) in [4.78, 5) is 0. The molecule has 1 N–H and O–H groups in total. The van der Waals surface area contributed by atoms with Crippen molar-refractivity contribution in [3.63, 3.8) is 0 Å². The second kappa shape index (κ2) is 6.97. The van der Waals surface area contributed by atoms with Crippen LogP contribution in [0.2, 0.25) is 0 Å². The van der Waals surface area contributed by atoms with Gasteiger partial charge >= 0.3 is 0 Å². The third-order valence-corrected chi connectivity index (χ3v) is 4.07. The van der Waals surface area contributed by atoms with Crippen LogP contribution in [0, 0.1) is 13.8 Å². The Hall–Kier alpha value is -0.470. The highest BCUT2D eigenvalue weighted by Crippen LogP contribution is 2.16. The minimum absolute atomic E-state index is 0.588. The number of rotatable bonds is 6. The van der Waals surface area contributed by atoms with E-state index in [1.54, 1.807) is 0 Å². The first-order valence-corrected chi connectivity index (χ1v) is 7.14. The molecule has 2 heteroatoms. The van der Waals surface area contributed by atoms with Gasteiger partial charge in [-0.05, 0) is 49.8 Å². The van der Waals surface area contributed by atoms with E-state index in [4.69, 9.17) is 0 Å². The summed E-state index contributed by atoms with van der Waals surface area (Å²) >= 11 is 2.01. The van der Waals surface area contributed by atoms with Gasteiger partial charge in [0.1, 0.15) is 0 Å². The zero-order chi connectivity index (χ0) is 12.0. The number of hydrogen-bond donors (Lipinski definition) is 1. The Morgan fingerprint density at radius 2 is 1.88 bits per heavy atom. The first kappa shape index (κ1) is 13.6. The van der Waals surface area contributed by atoms with Crippen molar-refractivity contribution < 1.29 is 0 Å². The van der Waals surface area contributed by atoms with E-state index in [-0.39, 0.29) is 0 Å². The maximum Gasteiger partial charge on any atom is 0.0195 e. The Kier molecular flexibility index (Phi) is 5.93. The van der Waals surface area contributed by atoms with Crippen molar-refractivity contribution >= 4 is 11.8 Å². The molecule has 0 aromatic heterocycles. The molecule has 0 saturated heterocycles. The van der Waals surface area contributed by atoms with Gasteiger partial charge in [0, 0.05) is 11.8 Å². The van der Waals surface area contributed by atoms with Crippen molar-refractivity contribution in [1.29, 1.82) is 0 Å². The molecule has 0 saturated carbocycles. The maximum atomic E-state index is 3.42. The van der Waals surface area contributed by atoms with E-state index < -0.39 is 0 Å². The Labute approximate surface area is 104 Å². The minimum atomic E-state index is 0.588. The highest BCUT2D eigenvalue weighted by atomic mass is 32.2. The zero-order valence-electron chi connectivity index (χ0n) is 10.8. The highest BCUT2D eigenvalue weighted by molar-refractivity contribution is 7.99. The molecule has 0 amide bonds. The molecular weight excluding hydrogens is 214 g/mol. The average Bonchev–Trinajstić information content (AvgIpc) is 2.28. The van der Waals surface area contributed by atoms with Crippen LogP contribution >= 0.6 is 11.8 Å². The Morgan fingerprint density at radius 3 is 2.38 bits per heavy atom. The van der Waals surface area contributed by atoms with Crippen molar-refractivity contribution in [1.82, 2.24) is 5.32 Å². The molecule has 1 aromatic carbocycles. The van der Waals surface area contributed by atoms with Gasteiger partial charge in [-0.25, -0.2) is 0 Å². The number of benzene rings is 1. The molecule has 1 rings (SSSR count). The van der Waals surface area contributed by atoms with Crippen molar-refractivity contribution in [3.05, 3.63) is 34.9 Å². The van der Waals surface area contributed by atoms with E-state index >= 15 is 0 Å². The summed E-state index contributed by atoms with van der Waals surface area (Å²) in [6, 6.07) is 7.15. The van der Waals surface area contributed by atoms with E-state index in [1.165, 1.54) is 28.2 Å². The summed E-state index contributed by atoms with van der Waals surface area (Å²) < 4.78 is 0. The monoisotopic (exact) mass is 237 g/mol. The normalized spacial score (nSPS) is 12.8. The van der Waals surface area contributed by atoms with Crippen LogP contribution in [0.15, 0.2) is 18.2 Å². The fraction of sp³-hybridized carbons (Fsp3) is 0.571. The number of nitrogens with one attached hydrogen (secondary N) is 1. The van der Waals surface area contributed by atoms with Crippen molar-refractivity contribution in [2.24, 2.45) is 0 Å². The second-order valence-electron chi connectivity index (χ2n) is 4.22. The number of likely N-dealkylation sites (N-methyl/N-ethyl adjacent to an activating group) is 1. The standard InChI is InChI=1S/C14H23NS/c1-5-16-10-13(15-4)9-14-11(2)7-6-8-12(14)3/h6-8,13,15H,5,9-10H2,1-4H3. The topological polar surface area (TPSA) is 12.0 Å². The number of hydrogen-bond acceptors (Lipinski definition) is 2. The smallest absolute Gasteiger partial charge is 0.0195 e. The van der Waals surface area contributed by atoms with E-state index in [0.29, 0.717) is 6.04 Å². The summed E-state index contributed by atoms with van der Waals surface area (Å²) in [5, 5.41) is 3.42. The maximum absolute atomic E-state index is 3.42. The highest BCUT2D eigenvalue weighted by Gasteiger charge is 2.10. The van der Waals surface area contributed by atoms with Crippen LogP contribution < -0.4 is 5.32 Å². The predicted molar refractivity (Wildman–Crippen MR) is 75.5 cm³/mol. The van der Waals surface area contributed by atoms with Gasteiger partial charge in [-0.3, -0.25) is 0 Å². The molecule has 0 fully saturated rings. The molecule has 1 nitrogen and oxygen atoms in total. The first-order chi connectivity index (χ1) is 7.69. The molecule has 0 aliphatic rings. The third kappa shape index (κ3) is 3.84. The molecule has 16 heavy (non-hydrogen) atoms. The van der Waals surface area contributed by atoms with Crippen LogP contribution in [0.3, 0.4) is 0 Å². The summed E-state index contributed by atoms with van der Waals surface area (Å²) in [5.74, 6) is 2.39. The van der Waals surface area contributed by atoms with E-state index in [9.17, 15) is 0 Å². The fourth-order valence-corrected chi connectivity index (χ4v) is 2.73. The molecule has 90 valence electrons. The summed E-state index contributed by atoms with van der Waals surface area (Å²) in [6.45, 7) is 6.64.